The lowest BCUT2D eigenvalue weighted by atomic mass is 10.3. The van der Waals surface area contributed by atoms with Gasteiger partial charge in [-0.25, -0.2) is 0 Å². The number of hydrogen-bond acceptors (Lipinski definition) is 2. The highest BCUT2D eigenvalue weighted by molar-refractivity contribution is 7.80. The van der Waals surface area contributed by atoms with Crippen LogP contribution in [0.15, 0.2) is 0 Å². The minimum atomic E-state index is 0.529. The van der Waals surface area contributed by atoms with E-state index in [1.807, 2.05) is 6.92 Å². The molecular weight excluding hydrogens is 158 g/mol. The Morgan fingerprint density at radius 3 is 3.09 bits per heavy atom. The van der Waals surface area contributed by atoms with Crippen LogP contribution in [0.3, 0.4) is 0 Å². The van der Waals surface area contributed by atoms with Gasteiger partial charge in [-0.1, -0.05) is 0 Å². The quantitative estimate of drug-likeness (QED) is 0.507. The molecule has 1 aliphatic heterocycles. The van der Waals surface area contributed by atoms with Gasteiger partial charge in [0.15, 0.2) is 5.11 Å². The summed E-state index contributed by atoms with van der Waals surface area (Å²) < 4.78 is 0. The van der Waals surface area contributed by atoms with Crippen molar-refractivity contribution in [3.63, 3.8) is 0 Å². The molecule has 1 aliphatic rings. The largest absolute Gasteiger partial charge is 0.363 e. The highest BCUT2D eigenvalue weighted by atomic mass is 32.1. The maximum Gasteiger partial charge on any atom is 0.166 e. The zero-order valence-electron chi connectivity index (χ0n) is 6.81. The summed E-state index contributed by atoms with van der Waals surface area (Å²) in [6, 6.07) is 0.529. The fourth-order valence-electron chi connectivity index (χ4n) is 1.17. The Balaban J connectivity index is 2.13. The normalized spacial score (nSPS) is 23.2. The molecular formula is C7H15N3S. The predicted molar refractivity (Wildman–Crippen MR) is 50.7 cm³/mol. The molecule has 0 aliphatic carbocycles. The molecule has 3 nitrogen and oxygen atoms in total. The maximum absolute atomic E-state index is 5.04. The van der Waals surface area contributed by atoms with Crippen molar-refractivity contribution < 1.29 is 0 Å². The van der Waals surface area contributed by atoms with Crippen LogP contribution in [0, 0.1) is 0 Å². The zero-order valence-corrected chi connectivity index (χ0v) is 7.63. The standard InChI is InChI=1S/C7H15N3S/c1-2-9-7(11)10-6-3-4-8-5-6/h6,8H,2-5H2,1H3,(H2,9,10,11)/t6-/m0/s1. The van der Waals surface area contributed by atoms with E-state index in [1.165, 1.54) is 6.42 Å². The molecule has 0 spiro atoms. The monoisotopic (exact) mass is 173 g/mol. The van der Waals surface area contributed by atoms with Crippen molar-refractivity contribution in [2.24, 2.45) is 0 Å². The molecule has 1 heterocycles. The van der Waals surface area contributed by atoms with E-state index in [1.54, 1.807) is 0 Å². The van der Waals surface area contributed by atoms with E-state index in [0.29, 0.717) is 6.04 Å². The van der Waals surface area contributed by atoms with Crippen LogP contribution in [0.1, 0.15) is 13.3 Å². The van der Waals surface area contributed by atoms with Crippen molar-refractivity contribution in [2.75, 3.05) is 19.6 Å². The van der Waals surface area contributed by atoms with Gasteiger partial charge in [0.25, 0.3) is 0 Å². The van der Waals surface area contributed by atoms with E-state index in [2.05, 4.69) is 16.0 Å². The highest BCUT2D eigenvalue weighted by Crippen LogP contribution is 1.95. The van der Waals surface area contributed by atoms with E-state index < -0.39 is 0 Å². The topological polar surface area (TPSA) is 36.1 Å². The molecule has 64 valence electrons. The van der Waals surface area contributed by atoms with Gasteiger partial charge in [0, 0.05) is 19.1 Å². The Kier molecular flexibility index (Phi) is 3.59. The Labute approximate surface area is 72.9 Å². The molecule has 0 aromatic rings. The molecule has 0 amide bonds. The minimum Gasteiger partial charge on any atom is -0.363 e. The first-order valence-electron chi connectivity index (χ1n) is 4.08. The summed E-state index contributed by atoms with van der Waals surface area (Å²) in [5, 5.41) is 10.4. The van der Waals surface area contributed by atoms with Crippen LogP contribution >= 0.6 is 12.2 Å². The molecule has 0 bridgehead atoms. The third-order valence-electron chi connectivity index (χ3n) is 1.73. The van der Waals surface area contributed by atoms with Crippen LogP contribution in [-0.2, 0) is 0 Å². The second-order valence-corrected chi connectivity index (χ2v) is 3.10. The second kappa shape index (κ2) is 4.51. The Morgan fingerprint density at radius 2 is 2.55 bits per heavy atom. The van der Waals surface area contributed by atoms with Crippen molar-refractivity contribution in [3.8, 4) is 0 Å². The van der Waals surface area contributed by atoms with E-state index >= 15 is 0 Å². The summed E-state index contributed by atoms with van der Waals surface area (Å²) in [5.41, 5.74) is 0. The van der Waals surface area contributed by atoms with Crippen LogP contribution in [0.25, 0.3) is 0 Å². The predicted octanol–water partition coefficient (Wildman–Crippen LogP) is -0.168. The summed E-state index contributed by atoms with van der Waals surface area (Å²) >= 11 is 5.04. The molecule has 0 aromatic carbocycles. The molecule has 3 N–H and O–H groups in total. The first-order valence-corrected chi connectivity index (χ1v) is 4.49. The SMILES string of the molecule is CCNC(=S)N[C@H]1CCNC1. The summed E-state index contributed by atoms with van der Waals surface area (Å²) in [4.78, 5) is 0. The first kappa shape index (κ1) is 8.74. The fraction of sp³-hybridized carbons (Fsp3) is 0.857. The fourth-order valence-corrected chi connectivity index (χ4v) is 1.49. The molecule has 0 unspecified atom stereocenters. The van der Waals surface area contributed by atoms with E-state index in [9.17, 15) is 0 Å². The van der Waals surface area contributed by atoms with E-state index in [4.69, 9.17) is 12.2 Å². The molecule has 1 saturated heterocycles. The van der Waals surface area contributed by atoms with Gasteiger partial charge in [0.1, 0.15) is 0 Å². The van der Waals surface area contributed by atoms with E-state index in [-0.39, 0.29) is 0 Å². The van der Waals surface area contributed by atoms with Gasteiger partial charge in [0.2, 0.25) is 0 Å². The van der Waals surface area contributed by atoms with Gasteiger partial charge in [0.05, 0.1) is 0 Å². The van der Waals surface area contributed by atoms with Gasteiger partial charge in [-0.15, -0.1) is 0 Å². The maximum atomic E-state index is 5.04. The molecule has 1 atom stereocenters. The minimum absolute atomic E-state index is 0.529. The van der Waals surface area contributed by atoms with Crippen molar-refractivity contribution in [3.05, 3.63) is 0 Å². The zero-order chi connectivity index (χ0) is 8.10. The average Bonchev–Trinajstić information content (AvgIpc) is 2.40. The van der Waals surface area contributed by atoms with Crippen LogP contribution in [-0.4, -0.2) is 30.8 Å². The van der Waals surface area contributed by atoms with Crippen LogP contribution in [0.5, 0.6) is 0 Å². The number of hydrogen-bond donors (Lipinski definition) is 3. The molecule has 1 rings (SSSR count). The third-order valence-corrected chi connectivity index (χ3v) is 2.00. The Bertz CT molecular complexity index is 132. The van der Waals surface area contributed by atoms with Crippen molar-refractivity contribution in [1.82, 2.24) is 16.0 Å². The molecule has 11 heavy (non-hydrogen) atoms. The number of nitrogens with one attached hydrogen (secondary N) is 3. The van der Waals surface area contributed by atoms with Gasteiger partial charge < -0.3 is 16.0 Å². The molecule has 0 aromatic heterocycles. The second-order valence-electron chi connectivity index (χ2n) is 2.69. The average molecular weight is 173 g/mol. The highest BCUT2D eigenvalue weighted by Gasteiger charge is 2.13. The van der Waals surface area contributed by atoms with E-state index in [0.717, 1.165) is 24.7 Å². The summed E-state index contributed by atoms with van der Waals surface area (Å²) in [6.07, 6.45) is 1.17. The van der Waals surface area contributed by atoms with Gasteiger partial charge in [-0.3, -0.25) is 0 Å². The van der Waals surface area contributed by atoms with Crippen LogP contribution in [0.4, 0.5) is 0 Å². The van der Waals surface area contributed by atoms with Gasteiger partial charge in [-0.05, 0) is 32.1 Å². The first-order chi connectivity index (χ1) is 5.33. The van der Waals surface area contributed by atoms with Crippen molar-refractivity contribution in [1.29, 1.82) is 0 Å². The molecule has 1 fully saturated rings. The van der Waals surface area contributed by atoms with Gasteiger partial charge in [-0.2, -0.15) is 0 Å². The summed E-state index contributed by atoms with van der Waals surface area (Å²) in [6.45, 7) is 5.07. The smallest absolute Gasteiger partial charge is 0.166 e. The summed E-state index contributed by atoms with van der Waals surface area (Å²) in [7, 11) is 0. The lowest BCUT2D eigenvalue weighted by Crippen LogP contribution is -2.42. The molecule has 4 heteroatoms. The third kappa shape index (κ3) is 3.03. The Morgan fingerprint density at radius 1 is 1.73 bits per heavy atom. The van der Waals surface area contributed by atoms with Gasteiger partial charge >= 0.3 is 0 Å². The molecule has 0 radical (unpaired) electrons. The lowest BCUT2D eigenvalue weighted by molar-refractivity contribution is 0.654. The summed E-state index contributed by atoms with van der Waals surface area (Å²) in [5.74, 6) is 0. The lowest BCUT2D eigenvalue weighted by Gasteiger charge is -2.13. The molecule has 0 saturated carbocycles. The van der Waals surface area contributed by atoms with Crippen molar-refractivity contribution >= 4 is 17.3 Å². The number of rotatable bonds is 2. The van der Waals surface area contributed by atoms with Crippen LogP contribution in [0.2, 0.25) is 0 Å². The Hall–Kier alpha value is -0.350. The van der Waals surface area contributed by atoms with Crippen LogP contribution < -0.4 is 16.0 Å². The van der Waals surface area contributed by atoms with Crippen molar-refractivity contribution in [2.45, 2.75) is 19.4 Å². The number of thiocarbonyl (C=S) groups is 1.